The van der Waals surface area contributed by atoms with Crippen molar-refractivity contribution in [1.82, 2.24) is 0 Å². The van der Waals surface area contributed by atoms with Crippen LogP contribution >= 0.6 is 0 Å². The first-order valence-electron chi connectivity index (χ1n) is 7.77. The third kappa shape index (κ3) is 4.74. The predicted molar refractivity (Wildman–Crippen MR) is 89.9 cm³/mol. The number of carbonyl (C=O) groups excluding carboxylic acids is 3. The molecule has 0 saturated carbocycles. The van der Waals surface area contributed by atoms with Crippen LogP contribution in [0.1, 0.15) is 31.7 Å². The minimum absolute atomic E-state index is 0.107. The number of esters is 1. The summed E-state index contributed by atoms with van der Waals surface area (Å²) in [7, 11) is 1.15. The van der Waals surface area contributed by atoms with Gasteiger partial charge in [-0.15, -0.1) is 0 Å². The van der Waals surface area contributed by atoms with Crippen LogP contribution < -0.4 is 0 Å². The van der Waals surface area contributed by atoms with Gasteiger partial charge in [0, 0.05) is 17.6 Å². The van der Waals surface area contributed by atoms with Crippen molar-refractivity contribution in [2.24, 2.45) is 0 Å². The van der Waals surface area contributed by atoms with Crippen LogP contribution in [0, 0.1) is 17.7 Å². The molecule has 0 aliphatic heterocycles. The fourth-order valence-corrected chi connectivity index (χ4v) is 2.43. The van der Waals surface area contributed by atoms with Gasteiger partial charge >= 0.3 is 5.97 Å². The van der Waals surface area contributed by atoms with Crippen molar-refractivity contribution >= 4 is 17.5 Å². The van der Waals surface area contributed by atoms with E-state index < -0.39 is 17.6 Å². The molecule has 0 fully saturated rings. The van der Waals surface area contributed by atoms with Crippen LogP contribution in [-0.4, -0.2) is 24.6 Å². The number of allylic oxidation sites excluding steroid dienone is 3. The first kappa shape index (κ1) is 18.3. The molecule has 2 rings (SSSR count). The smallest absolute Gasteiger partial charge is 0.342 e. The van der Waals surface area contributed by atoms with Crippen LogP contribution in [0.15, 0.2) is 47.1 Å². The summed E-state index contributed by atoms with van der Waals surface area (Å²) in [6.07, 6.45) is 3.15. The Hall–Kier alpha value is -3.00. The molecule has 4 nitrogen and oxygen atoms in total. The van der Waals surface area contributed by atoms with Gasteiger partial charge in [0.2, 0.25) is 5.78 Å². The molecule has 1 aliphatic carbocycles. The number of halogens is 1. The van der Waals surface area contributed by atoms with Crippen molar-refractivity contribution in [1.29, 1.82) is 0 Å². The summed E-state index contributed by atoms with van der Waals surface area (Å²) in [4.78, 5) is 36.3. The number of ether oxygens (including phenoxy) is 1. The normalized spacial score (nSPS) is 14.7. The lowest BCUT2D eigenvalue weighted by atomic mass is 9.90. The largest absolute Gasteiger partial charge is 0.465 e. The minimum atomic E-state index is -0.850. The van der Waals surface area contributed by atoms with E-state index >= 15 is 0 Å². The van der Waals surface area contributed by atoms with Crippen LogP contribution in [0.4, 0.5) is 4.39 Å². The fraction of sp³-hybridized carbons (Fsp3) is 0.250. The zero-order valence-corrected chi connectivity index (χ0v) is 14.0. The highest BCUT2D eigenvalue weighted by molar-refractivity contribution is 6.25. The van der Waals surface area contributed by atoms with Gasteiger partial charge in [-0.05, 0) is 56.0 Å². The molecule has 25 heavy (non-hydrogen) atoms. The third-order valence-electron chi connectivity index (χ3n) is 3.82. The summed E-state index contributed by atoms with van der Waals surface area (Å²) in [5.41, 5.74) is 1.34. The van der Waals surface area contributed by atoms with Crippen molar-refractivity contribution in [3.8, 4) is 11.8 Å². The van der Waals surface area contributed by atoms with E-state index in [0.29, 0.717) is 17.6 Å². The molecule has 0 radical (unpaired) electrons. The lowest BCUT2D eigenvalue weighted by Gasteiger charge is -2.14. The number of ketones is 2. The molecule has 1 aliphatic rings. The number of rotatable bonds is 3. The molecule has 0 saturated heterocycles. The Morgan fingerprint density at radius 2 is 1.88 bits per heavy atom. The maximum absolute atomic E-state index is 12.9. The minimum Gasteiger partial charge on any atom is -0.465 e. The molecular formula is C20H17FO4. The van der Waals surface area contributed by atoms with Crippen LogP contribution in [0.25, 0.3) is 0 Å². The van der Waals surface area contributed by atoms with Gasteiger partial charge in [0.25, 0.3) is 0 Å². The van der Waals surface area contributed by atoms with Crippen molar-refractivity contribution < 1.29 is 23.5 Å². The van der Waals surface area contributed by atoms with E-state index in [2.05, 4.69) is 16.6 Å². The van der Waals surface area contributed by atoms with E-state index in [-0.39, 0.29) is 11.4 Å². The van der Waals surface area contributed by atoms with E-state index in [1.807, 2.05) is 0 Å². The molecule has 0 amide bonds. The van der Waals surface area contributed by atoms with Crippen LogP contribution in [0.3, 0.4) is 0 Å². The molecule has 5 heteroatoms. The van der Waals surface area contributed by atoms with Crippen molar-refractivity contribution in [3.05, 3.63) is 58.4 Å². The number of hydrogen-bond acceptors (Lipinski definition) is 4. The second kappa shape index (κ2) is 8.20. The Morgan fingerprint density at radius 3 is 2.48 bits per heavy atom. The van der Waals surface area contributed by atoms with Crippen molar-refractivity contribution in [2.75, 3.05) is 7.11 Å². The molecule has 0 N–H and O–H groups in total. The van der Waals surface area contributed by atoms with Gasteiger partial charge in [-0.25, -0.2) is 9.18 Å². The lowest BCUT2D eigenvalue weighted by molar-refractivity contribution is -0.137. The van der Waals surface area contributed by atoms with E-state index in [9.17, 15) is 18.8 Å². The highest BCUT2D eigenvalue weighted by Crippen LogP contribution is 2.23. The van der Waals surface area contributed by atoms with E-state index in [4.69, 9.17) is 0 Å². The Bertz CT molecular complexity index is 833. The van der Waals surface area contributed by atoms with E-state index in [1.54, 1.807) is 6.92 Å². The molecular weight excluding hydrogens is 323 g/mol. The topological polar surface area (TPSA) is 60.4 Å². The molecule has 0 spiro atoms. The zero-order chi connectivity index (χ0) is 18.4. The van der Waals surface area contributed by atoms with Gasteiger partial charge in [0.05, 0.1) is 7.11 Å². The number of benzene rings is 1. The van der Waals surface area contributed by atoms with Crippen molar-refractivity contribution in [2.45, 2.75) is 26.2 Å². The third-order valence-corrected chi connectivity index (χ3v) is 3.82. The van der Waals surface area contributed by atoms with E-state index in [1.165, 1.54) is 30.3 Å². The molecule has 0 bridgehead atoms. The first-order valence-corrected chi connectivity index (χ1v) is 7.77. The molecule has 1 aromatic rings. The quantitative estimate of drug-likeness (QED) is 0.279. The Labute approximate surface area is 145 Å². The molecule has 1 aromatic carbocycles. The maximum Gasteiger partial charge on any atom is 0.342 e. The number of methoxy groups -OCH3 is 1. The van der Waals surface area contributed by atoms with Gasteiger partial charge < -0.3 is 4.74 Å². The lowest BCUT2D eigenvalue weighted by Crippen LogP contribution is -2.16. The molecule has 0 unspecified atom stereocenters. The van der Waals surface area contributed by atoms with Crippen LogP contribution in [0.5, 0.6) is 0 Å². The zero-order valence-electron chi connectivity index (χ0n) is 14.0. The summed E-state index contributed by atoms with van der Waals surface area (Å²) in [6, 6.07) is 5.30. The SMILES string of the molecule is COC(=O)/C(=C/C1=C(C)CCCC1=O)C(=O)C#Cc1ccc(F)cc1. The second-order valence-electron chi connectivity index (χ2n) is 5.61. The summed E-state index contributed by atoms with van der Waals surface area (Å²) >= 11 is 0. The molecule has 0 atom stereocenters. The first-order chi connectivity index (χ1) is 11.9. The second-order valence-corrected chi connectivity index (χ2v) is 5.61. The van der Waals surface area contributed by atoms with E-state index in [0.717, 1.165) is 25.5 Å². The van der Waals surface area contributed by atoms with Crippen LogP contribution in [-0.2, 0) is 19.1 Å². The highest BCUT2D eigenvalue weighted by atomic mass is 19.1. The average Bonchev–Trinajstić information content (AvgIpc) is 2.60. The Balaban J connectivity index is 2.36. The summed E-state index contributed by atoms with van der Waals surface area (Å²) in [5, 5.41) is 0. The van der Waals surface area contributed by atoms with Gasteiger partial charge in [-0.1, -0.05) is 11.5 Å². The fourth-order valence-electron chi connectivity index (χ4n) is 2.43. The summed E-state index contributed by atoms with van der Waals surface area (Å²) in [5.74, 6) is 2.79. The maximum atomic E-state index is 12.9. The van der Waals surface area contributed by atoms with Gasteiger partial charge in [0.1, 0.15) is 11.4 Å². The Morgan fingerprint density at radius 1 is 1.20 bits per heavy atom. The molecule has 0 aromatic heterocycles. The van der Waals surface area contributed by atoms with Gasteiger partial charge in [-0.3, -0.25) is 9.59 Å². The average molecular weight is 340 g/mol. The van der Waals surface area contributed by atoms with Crippen molar-refractivity contribution in [3.63, 3.8) is 0 Å². The highest BCUT2D eigenvalue weighted by Gasteiger charge is 2.22. The number of Topliss-reactive ketones (excluding diaryl/α,β-unsaturated/α-hetero) is 2. The summed E-state index contributed by atoms with van der Waals surface area (Å²) < 4.78 is 17.5. The number of hydrogen-bond donors (Lipinski definition) is 0. The van der Waals surface area contributed by atoms with Gasteiger partial charge in [-0.2, -0.15) is 0 Å². The predicted octanol–water partition coefficient (Wildman–Crippen LogP) is 2.92. The molecule has 0 heterocycles. The monoisotopic (exact) mass is 340 g/mol. The standard InChI is InChI=1S/C20H17FO4/c1-13-4-3-5-18(22)16(13)12-17(20(24)25-2)19(23)11-8-14-6-9-15(21)10-7-14/h6-7,9-10,12H,3-5H2,1-2H3/b17-12+. The van der Waals surface area contributed by atoms with Crippen LogP contribution in [0.2, 0.25) is 0 Å². The number of carbonyl (C=O) groups is 3. The molecule has 128 valence electrons. The Kier molecular flexibility index (Phi) is 6.02. The summed E-state index contributed by atoms with van der Waals surface area (Å²) in [6.45, 7) is 1.80. The van der Waals surface area contributed by atoms with Gasteiger partial charge in [0.15, 0.2) is 5.78 Å².